The maximum Gasteiger partial charge on any atom is 0.248 e. The van der Waals surface area contributed by atoms with E-state index in [-0.39, 0.29) is 5.91 Å². The first-order chi connectivity index (χ1) is 10.6. The number of hydrazine groups is 1. The Hall–Kier alpha value is -1.13. The third-order valence-electron chi connectivity index (χ3n) is 3.14. The van der Waals surface area contributed by atoms with Crippen molar-refractivity contribution in [1.29, 1.82) is 0 Å². The van der Waals surface area contributed by atoms with Crippen molar-refractivity contribution in [3.05, 3.63) is 41.6 Å². The second-order valence-corrected chi connectivity index (χ2v) is 6.67. The van der Waals surface area contributed by atoms with Gasteiger partial charge in [-0.2, -0.15) is 0 Å². The Bertz CT molecular complexity index is 462. The number of carbonyl (C=O) groups is 1. The lowest BCUT2D eigenvalue weighted by atomic mass is 10.1. The summed E-state index contributed by atoms with van der Waals surface area (Å²) in [6, 6.07) is 7.45. The first kappa shape index (κ1) is 18.9. The van der Waals surface area contributed by atoms with Crippen molar-refractivity contribution in [2.45, 2.75) is 50.3 Å². The smallest absolute Gasteiger partial charge is 0.248 e. The van der Waals surface area contributed by atoms with Crippen molar-refractivity contribution in [1.82, 2.24) is 10.9 Å². The largest absolute Gasteiger partial charge is 0.303 e. The lowest BCUT2D eigenvalue weighted by Crippen LogP contribution is -2.37. The van der Waals surface area contributed by atoms with Crippen LogP contribution in [0.5, 0.6) is 0 Å². The number of carbonyl (C=O) groups excluding carboxylic acids is 1. The fourth-order valence-corrected chi connectivity index (χ4v) is 2.70. The van der Waals surface area contributed by atoms with Crippen LogP contribution in [0.1, 0.15) is 45.4 Å². The van der Waals surface area contributed by atoms with Crippen molar-refractivity contribution in [3.8, 4) is 0 Å². The standard InChI is InChI=1S/C17H25ClN2OS/c1-3-4-5-6-7-8-14(2)19-20-17(21)13-22-16-11-9-15(18)10-12-16/h9-12,19H,2-8,13H2,1H3,(H,20,21). The molecule has 0 fully saturated rings. The highest BCUT2D eigenvalue weighted by molar-refractivity contribution is 8.00. The summed E-state index contributed by atoms with van der Waals surface area (Å²) in [6.45, 7) is 6.13. The van der Waals surface area contributed by atoms with Crippen molar-refractivity contribution in [3.63, 3.8) is 0 Å². The second-order valence-electron chi connectivity index (χ2n) is 5.18. The number of hydrogen-bond donors (Lipinski definition) is 2. The van der Waals surface area contributed by atoms with Gasteiger partial charge in [0, 0.05) is 15.6 Å². The van der Waals surface area contributed by atoms with Gasteiger partial charge in [0.2, 0.25) is 5.91 Å². The fraction of sp³-hybridized carbons (Fsp3) is 0.471. The highest BCUT2D eigenvalue weighted by atomic mass is 35.5. The van der Waals surface area contributed by atoms with Crippen LogP contribution in [0.4, 0.5) is 0 Å². The van der Waals surface area contributed by atoms with Crippen LogP contribution in [0, 0.1) is 0 Å². The second kappa shape index (κ2) is 11.4. The average molecular weight is 341 g/mol. The summed E-state index contributed by atoms with van der Waals surface area (Å²) >= 11 is 7.30. The van der Waals surface area contributed by atoms with E-state index >= 15 is 0 Å². The van der Waals surface area contributed by atoms with E-state index in [1.54, 1.807) is 0 Å². The van der Waals surface area contributed by atoms with Crippen LogP contribution >= 0.6 is 23.4 Å². The Morgan fingerprint density at radius 2 is 1.82 bits per heavy atom. The zero-order valence-corrected chi connectivity index (χ0v) is 14.7. The van der Waals surface area contributed by atoms with Gasteiger partial charge in [0.25, 0.3) is 0 Å². The molecule has 1 aromatic rings. The molecule has 3 nitrogen and oxygen atoms in total. The number of hydrogen-bond acceptors (Lipinski definition) is 3. The van der Waals surface area contributed by atoms with E-state index in [4.69, 9.17) is 11.6 Å². The molecule has 0 saturated carbocycles. The molecule has 2 N–H and O–H groups in total. The third kappa shape index (κ3) is 9.00. The normalized spacial score (nSPS) is 10.3. The predicted octanol–water partition coefficient (Wildman–Crippen LogP) is 4.93. The summed E-state index contributed by atoms with van der Waals surface area (Å²) in [5, 5.41) is 0.700. The Morgan fingerprint density at radius 3 is 2.50 bits per heavy atom. The van der Waals surface area contributed by atoms with E-state index < -0.39 is 0 Å². The number of unbranched alkanes of at least 4 members (excludes halogenated alkanes) is 4. The monoisotopic (exact) mass is 340 g/mol. The average Bonchev–Trinajstić information content (AvgIpc) is 2.52. The maximum atomic E-state index is 11.7. The molecular weight excluding hydrogens is 316 g/mol. The van der Waals surface area contributed by atoms with Crippen LogP contribution < -0.4 is 10.9 Å². The van der Waals surface area contributed by atoms with Gasteiger partial charge in [-0.1, -0.05) is 50.8 Å². The highest BCUT2D eigenvalue weighted by Crippen LogP contribution is 2.19. The van der Waals surface area contributed by atoms with Crippen LogP contribution in [-0.2, 0) is 4.79 Å². The summed E-state index contributed by atoms with van der Waals surface area (Å²) in [6.07, 6.45) is 7.04. The first-order valence-electron chi connectivity index (χ1n) is 7.73. The van der Waals surface area contributed by atoms with Crippen LogP contribution in [0.2, 0.25) is 5.02 Å². The molecule has 0 aliphatic rings. The molecule has 0 aliphatic heterocycles. The number of amides is 1. The molecule has 0 radical (unpaired) electrons. The van der Waals surface area contributed by atoms with E-state index in [0.29, 0.717) is 10.8 Å². The van der Waals surface area contributed by atoms with E-state index in [1.165, 1.54) is 37.4 Å². The van der Waals surface area contributed by atoms with E-state index in [1.807, 2.05) is 24.3 Å². The van der Waals surface area contributed by atoms with E-state index in [2.05, 4.69) is 24.4 Å². The molecular formula is C17H25ClN2OS. The number of benzene rings is 1. The van der Waals surface area contributed by atoms with Gasteiger partial charge in [-0.15, -0.1) is 11.8 Å². The molecule has 22 heavy (non-hydrogen) atoms. The van der Waals surface area contributed by atoms with Gasteiger partial charge in [-0.25, -0.2) is 0 Å². The van der Waals surface area contributed by atoms with Crippen molar-refractivity contribution >= 4 is 29.3 Å². The number of halogens is 1. The minimum atomic E-state index is -0.0629. The summed E-state index contributed by atoms with van der Waals surface area (Å²) in [7, 11) is 0. The molecule has 0 spiro atoms. The third-order valence-corrected chi connectivity index (χ3v) is 4.41. The summed E-state index contributed by atoms with van der Waals surface area (Å²) < 4.78 is 0. The summed E-state index contributed by atoms with van der Waals surface area (Å²) in [5.74, 6) is 0.297. The molecule has 1 aromatic carbocycles. The van der Waals surface area contributed by atoms with Gasteiger partial charge in [0.05, 0.1) is 5.75 Å². The first-order valence-corrected chi connectivity index (χ1v) is 9.09. The molecule has 0 saturated heterocycles. The van der Waals surface area contributed by atoms with Crippen LogP contribution in [0.3, 0.4) is 0 Å². The number of nitrogens with one attached hydrogen (secondary N) is 2. The van der Waals surface area contributed by atoms with E-state index in [9.17, 15) is 4.79 Å². The summed E-state index contributed by atoms with van der Waals surface area (Å²) in [5.41, 5.74) is 6.43. The van der Waals surface area contributed by atoms with Crippen LogP contribution in [0.15, 0.2) is 41.4 Å². The molecule has 1 amide bonds. The lowest BCUT2D eigenvalue weighted by Gasteiger charge is -2.11. The fourth-order valence-electron chi connectivity index (χ4n) is 1.88. The number of rotatable bonds is 11. The van der Waals surface area contributed by atoms with Gasteiger partial charge >= 0.3 is 0 Å². The zero-order valence-electron chi connectivity index (χ0n) is 13.2. The molecule has 0 aromatic heterocycles. The number of allylic oxidation sites excluding steroid dienone is 1. The predicted molar refractivity (Wildman–Crippen MR) is 96.0 cm³/mol. The zero-order chi connectivity index (χ0) is 16.2. The van der Waals surface area contributed by atoms with Crippen molar-refractivity contribution in [2.24, 2.45) is 0 Å². The van der Waals surface area contributed by atoms with Crippen molar-refractivity contribution < 1.29 is 4.79 Å². The molecule has 0 heterocycles. The van der Waals surface area contributed by atoms with Gasteiger partial charge in [0.1, 0.15) is 0 Å². The maximum absolute atomic E-state index is 11.7. The Kier molecular flexibility index (Phi) is 9.84. The molecule has 5 heteroatoms. The number of thioether (sulfide) groups is 1. The quantitative estimate of drug-likeness (QED) is 0.341. The van der Waals surface area contributed by atoms with Gasteiger partial charge < -0.3 is 5.43 Å². The minimum Gasteiger partial charge on any atom is -0.303 e. The topological polar surface area (TPSA) is 41.1 Å². The summed E-state index contributed by atoms with van der Waals surface area (Å²) in [4.78, 5) is 12.8. The van der Waals surface area contributed by atoms with Gasteiger partial charge in [0.15, 0.2) is 0 Å². The minimum absolute atomic E-state index is 0.0629. The molecule has 0 unspecified atom stereocenters. The SMILES string of the molecule is C=C(CCCCCCC)NNC(=O)CSc1ccc(Cl)cc1. The molecule has 122 valence electrons. The molecule has 0 aliphatic carbocycles. The lowest BCUT2D eigenvalue weighted by molar-refractivity contribution is -0.119. The molecule has 0 bridgehead atoms. The molecule has 0 atom stereocenters. The Balaban J connectivity index is 2.09. The van der Waals surface area contributed by atoms with Crippen LogP contribution in [0.25, 0.3) is 0 Å². The van der Waals surface area contributed by atoms with Crippen LogP contribution in [-0.4, -0.2) is 11.7 Å². The van der Waals surface area contributed by atoms with E-state index in [0.717, 1.165) is 23.4 Å². The molecule has 1 rings (SSSR count). The Morgan fingerprint density at radius 1 is 1.14 bits per heavy atom. The highest BCUT2D eigenvalue weighted by Gasteiger charge is 2.03. The van der Waals surface area contributed by atoms with Gasteiger partial charge in [-0.3, -0.25) is 10.2 Å². The van der Waals surface area contributed by atoms with Crippen molar-refractivity contribution in [2.75, 3.05) is 5.75 Å². The van der Waals surface area contributed by atoms with Gasteiger partial charge in [-0.05, 0) is 37.1 Å². The Labute approximate surface area is 142 Å².